The maximum Gasteiger partial charge on any atom is 0.407 e. The highest BCUT2D eigenvalue weighted by Gasteiger charge is 2.42. The van der Waals surface area contributed by atoms with E-state index in [4.69, 9.17) is 9.47 Å². The summed E-state index contributed by atoms with van der Waals surface area (Å²) in [6.07, 6.45) is 1.94. The molecule has 0 aromatic rings. The monoisotopic (exact) mass is 334 g/mol. The number of carboxylic acid groups (broad SMARTS) is 1. The Bertz CT molecular complexity index is 393. The second-order valence-corrected chi connectivity index (χ2v) is 7.43. The van der Waals surface area contributed by atoms with Gasteiger partial charge < -0.3 is 19.9 Å². The summed E-state index contributed by atoms with van der Waals surface area (Å²) < 4.78 is 10.4. The van der Waals surface area contributed by atoms with Gasteiger partial charge in [0.05, 0.1) is 18.8 Å². The van der Waals surface area contributed by atoms with Crippen LogP contribution in [0.15, 0.2) is 0 Å². The lowest BCUT2D eigenvalue weighted by atomic mass is 9.95. The summed E-state index contributed by atoms with van der Waals surface area (Å²) >= 11 is 1.60. The van der Waals surface area contributed by atoms with E-state index in [0.29, 0.717) is 19.6 Å². The van der Waals surface area contributed by atoms with Crippen LogP contribution in [-0.4, -0.2) is 66.1 Å². The largest absolute Gasteiger partial charge is 0.480 e. The molecule has 0 aromatic carbocycles. The first-order chi connectivity index (χ1) is 10.2. The zero-order valence-corrected chi connectivity index (χ0v) is 14.4. The van der Waals surface area contributed by atoms with E-state index < -0.39 is 29.2 Å². The van der Waals surface area contributed by atoms with Gasteiger partial charge in [0.1, 0.15) is 11.6 Å². The molecule has 1 rings (SSSR count). The van der Waals surface area contributed by atoms with Gasteiger partial charge in [-0.25, -0.2) is 4.79 Å². The van der Waals surface area contributed by atoms with Gasteiger partial charge in [-0.3, -0.25) is 10.1 Å². The van der Waals surface area contributed by atoms with Crippen LogP contribution in [-0.2, 0) is 14.3 Å². The molecule has 8 heteroatoms. The van der Waals surface area contributed by atoms with Crippen molar-refractivity contribution in [3.05, 3.63) is 0 Å². The number of amides is 1. The number of carbonyl (C=O) groups excluding carboxylic acids is 1. The fraction of sp³-hybridized carbons (Fsp3) is 0.857. The average Bonchev–Trinajstić information content (AvgIpc) is 2.33. The number of rotatable bonds is 8. The number of hydrogen-bond acceptors (Lipinski definition) is 6. The summed E-state index contributed by atoms with van der Waals surface area (Å²) in [5, 5.41) is 15.1. The standard InChI is InChI=1S/C14H26N2O5S/c1-13(2,3)21-12(19)15-7-14(8-20-9-14)16-10(11(17)18)5-6-22-4/h10,16H,5-9H2,1-4H3,(H,15,19)(H,17,18)/t10-/m1/s1. The fourth-order valence-electron chi connectivity index (χ4n) is 2.00. The first kappa shape index (κ1) is 19.1. The molecular weight excluding hydrogens is 308 g/mol. The average molecular weight is 334 g/mol. The lowest BCUT2D eigenvalue weighted by Gasteiger charge is -2.44. The van der Waals surface area contributed by atoms with Crippen molar-refractivity contribution >= 4 is 23.8 Å². The molecule has 0 spiro atoms. The lowest BCUT2D eigenvalue weighted by molar-refractivity contribution is -0.143. The lowest BCUT2D eigenvalue weighted by Crippen LogP contribution is -2.69. The van der Waals surface area contributed by atoms with Crippen LogP contribution in [0, 0.1) is 0 Å². The maximum absolute atomic E-state index is 11.7. The normalized spacial score (nSPS) is 18.2. The topological polar surface area (TPSA) is 96.9 Å². The van der Waals surface area contributed by atoms with E-state index in [1.54, 1.807) is 32.5 Å². The second-order valence-electron chi connectivity index (χ2n) is 6.45. The van der Waals surface area contributed by atoms with Crippen LogP contribution in [0.3, 0.4) is 0 Å². The molecular formula is C14H26N2O5S. The predicted molar refractivity (Wildman–Crippen MR) is 85.3 cm³/mol. The summed E-state index contributed by atoms with van der Waals surface area (Å²) in [4.78, 5) is 23.0. The van der Waals surface area contributed by atoms with E-state index in [9.17, 15) is 14.7 Å². The minimum absolute atomic E-state index is 0.269. The third kappa shape index (κ3) is 6.41. The third-order valence-corrected chi connectivity index (χ3v) is 3.76. The van der Waals surface area contributed by atoms with Crippen molar-refractivity contribution < 1.29 is 24.2 Å². The molecule has 0 bridgehead atoms. The van der Waals surface area contributed by atoms with Crippen LogP contribution in [0.4, 0.5) is 4.79 Å². The van der Waals surface area contributed by atoms with Gasteiger partial charge in [0.25, 0.3) is 0 Å². The van der Waals surface area contributed by atoms with Crippen molar-refractivity contribution in [1.82, 2.24) is 10.6 Å². The highest BCUT2D eigenvalue weighted by atomic mass is 32.2. The molecule has 128 valence electrons. The van der Waals surface area contributed by atoms with Gasteiger partial charge in [0, 0.05) is 6.54 Å². The van der Waals surface area contributed by atoms with Crippen LogP contribution in [0.5, 0.6) is 0 Å². The number of ether oxygens (including phenoxy) is 2. The molecule has 0 saturated carbocycles. The number of nitrogens with one attached hydrogen (secondary N) is 2. The number of carbonyl (C=O) groups is 2. The van der Waals surface area contributed by atoms with Gasteiger partial charge in [-0.2, -0.15) is 11.8 Å². The van der Waals surface area contributed by atoms with E-state index in [-0.39, 0.29) is 6.54 Å². The third-order valence-electron chi connectivity index (χ3n) is 3.12. The summed E-state index contributed by atoms with van der Waals surface area (Å²) in [6, 6.07) is -0.656. The minimum atomic E-state index is -0.891. The molecule has 7 nitrogen and oxygen atoms in total. The molecule has 0 aliphatic carbocycles. The van der Waals surface area contributed by atoms with Gasteiger partial charge in [-0.15, -0.1) is 0 Å². The molecule has 1 saturated heterocycles. The second kappa shape index (κ2) is 8.03. The summed E-state index contributed by atoms with van der Waals surface area (Å²) in [5.74, 6) is -0.141. The Morgan fingerprint density at radius 1 is 1.41 bits per heavy atom. The Morgan fingerprint density at radius 3 is 2.45 bits per heavy atom. The molecule has 0 aromatic heterocycles. The quantitative estimate of drug-likeness (QED) is 0.611. The summed E-state index contributed by atoms with van der Waals surface area (Å²) in [6.45, 7) is 6.37. The van der Waals surface area contributed by atoms with E-state index in [1.807, 2.05) is 6.26 Å². The number of aliphatic carboxylic acids is 1. The highest BCUT2D eigenvalue weighted by Crippen LogP contribution is 2.19. The summed E-state index contributed by atoms with van der Waals surface area (Å²) in [7, 11) is 0. The Labute approximate surface area is 135 Å². The Morgan fingerprint density at radius 2 is 2.05 bits per heavy atom. The fourth-order valence-corrected chi connectivity index (χ4v) is 2.47. The van der Waals surface area contributed by atoms with Crippen molar-refractivity contribution in [2.45, 2.75) is 44.4 Å². The van der Waals surface area contributed by atoms with E-state index in [0.717, 1.165) is 5.75 Å². The van der Waals surface area contributed by atoms with Crippen LogP contribution < -0.4 is 10.6 Å². The number of alkyl carbamates (subject to hydrolysis) is 1. The number of thioether (sulfide) groups is 1. The Kier molecular flexibility index (Phi) is 6.96. The molecule has 22 heavy (non-hydrogen) atoms. The van der Waals surface area contributed by atoms with Gasteiger partial charge in [-0.05, 0) is 39.2 Å². The highest BCUT2D eigenvalue weighted by molar-refractivity contribution is 7.98. The number of hydrogen-bond donors (Lipinski definition) is 3. The predicted octanol–water partition coefficient (Wildman–Crippen LogP) is 1.08. The Balaban J connectivity index is 2.53. The van der Waals surface area contributed by atoms with Crippen molar-refractivity contribution in [3.8, 4) is 0 Å². The summed E-state index contributed by atoms with van der Waals surface area (Å²) in [5.41, 5.74) is -1.11. The van der Waals surface area contributed by atoms with Gasteiger partial charge in [0.2, 0.25) is 0 Å². The molecule has 1 aliphatic rings. The molecule has 1 heterocycles. The first-order valence-corrected chi connectivity index (χ1v) is 8.61. The molecule has 0 radical (unpaired) electrons. The zero-order chi connectivity index (χ0) is 16.8. The van der Waals surface area contributed by atoms with E-state index in [1.165, 1.54) is 0 Å². The van der Waals surface area contributed by atoms with Crippen LogP contribution >= 0.6 is 11.8 Å². The molecule has 1 aliphatic heterocycles. The van der Waals surface area contributed by atoms with Gasteiger partial charge in [0.15, 0.2) is 0 Å². The van der Waals surface area contributed by atoms with E-state index >= 15 is 0 Å². The van der Waals surface area contributed by atoms with Crippen LogP contribution in [0.2, 0.25) is 0 Å². The molecule has 3 N–H and O–H groups in total. The minimum Gasteiger partial charge on any atom is -0.480 e. The smallest absolute Gasteiger partial charge is 0.407 e. The van der Waals surface area contributed by atoms with Gasteiger partial charge in [-0.1, -0.05) is 0 Å². The van der Waals surface area contributed by atoms with Crippen molar-refractivity contribution in [2.24, 2.45) is 0 Å². The molecule has 1 fully saturated rings. The number of carboxylic acids is 1. The first-order valence-electron chi connectivity index (χ1n) is 7.21. The Hall–Kier alpha value is -0.990. The van der Waals surface area contributed by atoms with Crippen LogP contribution in [0.1, 0.15) is 27.2 Å². The van der Waals surface area contributed by atoms with Gasteiger partial charge >= 0.3 is 12.1 Å². The molecule has 1 amide bonds. The van der Waals surface area contributed by atoms with Crippen molar-refractivity contribution in [3.63, 3.8) is 0 Å². The van der Waals surface area contributed by atoms with Crippen LogP contribution in [0.25, 0.3) is 0 Å². The molecule has 1 atom stereocenters. The van der Waals surface area contributed by atoms with Crippen molar-refractivity contribution in [2.75, 3.05) is 31.8 Å². The van der Waals surface area contributed by atoms with Crippen molar-refractivity contribution in [1.29, 1.82) is 0 Å². The van der Waals surface area contributed by atoms with E-state index in [2.05, 4.69) is 10.6 Å². The maximum atomic E-state index is 11.7. The molecule has 0 unspecified atom stereocenters. The zero-order valence-electron chi connectivity index (χ0n) is 13.6. The SMILES string of the molecule is CSCC[C@@H](NC1(CNC(=O)OC(C)(C)C)COC1)C(=O)O.